The zero-order valence-electron chi connectivity index (χ0n) is 18.9. The topological polar surface area (TPSA) is 76.4 Å². The van der Waals surface area contributed by atoms with Gasteiger partial charge in [-0.25, -0.2) is 9.37 Å². The van der Waals surface area contributed by atoms with Gasteiger partial charge in [-0.1, -0.05) is 42.5 Å². The number of nitrogens with zero attached hydrogens (tertiary/aromatic N) is 2. The van der Waals surface area contributed by atoms with Crippen molar-refractivity contribution < 1.29 is 19.0 Å². The Balaban J connectivity index is 1.48. The van der Waals surface area contributed by atoms with E-state index in [9.17, 15) is 9.18 Å². The van der Waals surface area contributed by atoms with E-state index in [0.29, 0.717) is 23.4 Å². The molecule has 0 atom stereocenters. The molecule has 5 aromatic rings. The largest absolute Gasteiger partial charge is 0.486 e. The molecule has 0 saturated heterocycles. The van der Waals surface area contributed by atoms with Gasteiger partial charge in [-0.3, -0.25) is 4.79 Å². The number of hydrogen-bond donors (Lipinski definition) is 2. The molecular formula is C28H24FN3O3. The van der Waals surface area contributed by atoms with Crippen LogP contribution in [-0.4, -0.2) is 33.7 Å². The molecule has 35 heavy (non-hydrogen) atoms. The van der Waals surface area contributed by atoms with Crippen LogP contribution in [0.4, 0.5) is 4.39 Å². The second-order valence-electron chi connectivity index (χ2n) is 8.22. The first-order chi connectivity index (χ1) is 17.1. The third kappa shape index (κ3) is 5.00. The zero-order valence-corrected chi connectivity index (χ0v) is 18.9. The van der Waals surface area contributed by atoms with Gasteiger partial charge in [0, 0.05) is 18.7 Å². The molecule has 0 aliphatic carbocycles. The lowest BCUT2D eigenvalue weighted by atomic mass is 10.1. The fraction of sp³-hybridized carbons (Fsp3) is 0.143. The number of nitrogens with one attached hydrogen (secondary N) is 1. The summed E-state index contributed by atoms with van der Waals surface area (Å²) in [5.41, 5.74) is 2.68. The highest BCUT2D eigenvalue weighted by molar-refractivity contribution is 5.97. The summed E-state index contributed by atoms with van der Waals surface area (Å²) >= 11 is 0. The molecule has 1 amide bonds. The van der Waals surface area contributed by atoms with Gasteiger partial charge in [0.05, 0.1) is 17.6 Å². The molecular weight excluding hydrogens is 445 g/mol. The second-order valence-corrected chi connectivity index (χ2v) is 8.22. The first kappa shape index (κ1) is 22.6. The average Bonchev–Trinajstić information content (AvgIpc) is 3.22. The lowest BCUT2D eigenvalue weighted by Crippen LogP contribution is -2.26. The molecule has 0 aliphatic rings. The van der Waals surface area contributed by atoms with Crippen LogP contribution in [0.1, 0.15) is 21.7 Å². The van der Waals surface area contributed by atoms with Crippen molar-refractivity contribution in [1.82, 2.24) is 14.9 Å². The van der Waals surface area contributed by atoms with Crippen molar-refractivity contribution in [2.45, 2.75) is 13.2 Å². The van der Waals surface area contributed by atoms with Crippen molar-refractivity contribution >= 4 is 27.7 Å². The van der Waals surface area contributed by atoms with Gasteiger partial charge in [0.2, 0.25) is 0 Å². The Hall–Kier alpha value is -4.23. The van der Waals surface area contributed by atoms with Crippen LogP contribution in [-0.2, 0) is 13.2 Å². The molecule has 0 aliphatic heterocycles. The monoisotopic (exact) mass is 469 g/mol. The van der Waals surface area contributed by atoms with Gasteiger partial charge in [0.1, 0.15) is 24.0 Å². The fourth-order valence-corrected chi connectivity index (χ4v) is 4.10. The number of aliphatic hydroxyl groups excluding tert-OH is 1. The quantitative estimate of drug-likeness (QED) is 0.346. The number of carbonyl (C=O) groups is 1. The predicted molar refractivity (Wildman–Crippen MR) is 133 cm³/mol. The number of amides is 1. The maximum absolute atomic E-state index is 13.8. The lowest BCUT2D eigenvalue weighted by molar-refractivity contribution is 0.0945. The van der Waals surface area contributed by atoms with Crippen molar-refractivity contribution in [1.29, 1.82) is 0 Å². The summed E-state index contributed by atoms with van der Waals surface area (Å²) in [6, 6.07) is 25.7. The smallest absolute Gasteiger partial charge is 0.251 e. The number of hydrogen-bond acceptors (Lipinski definition) is 4. The molecule has 0 saturated carbocycles. The number of ether oxygens (including phenoxy) is 1. The number of carbonyl (C=O) groups excluding carboxylic acids is 1. The molecule has 0 fully saturated rings. The minimum atomic E-state index is -0.302. The molecule has 0 unspecified atom stereocenters. The Morgan fingerprint density at radius 1 is 0.971 bits per heavy atom. The molecule has 7 heteroatoms. The molecule has 6 nitrogen and oxygen atoms in total. The van der Waals surface area contributed by atoms with Gasteiger partial charge in [-0.2, -0.15) is 0 Å². The Bertz CT molecular complexity index is 1510. The van der Waals surface area contributed by atoms with Gasteiger partial charge in [0.25, 0.3) is 5.91 Å². The maximum Gasteiger partial charge on any atom is 0.251 e. The van der Waals surface area contributed by atoms with E-state index in [-0.39, 0.29) is 31.5 Å². The van der Waals surface area contributed by atoms with Gasteiger partial charge in [-0.15, -0.1) is 0 Å². The first-order valence-electron chi connectivity index (χ1n) is 11.3. The summed E-state index contributed by atoms with van der Waals surface area (Å²) in [6.07, 6.45) is 0. The Morgan fingerprint density at radius 3 is 2.66 bits per heavy atom. The minimum absolute atomic E-state index is 0.132. The van der Waals surface area contributed by atoms with Crippen molar-refractivity contribution in [2.75, 3.05) is 13.2 Å². The average molecular weight is 470 g/mol. The lowest BCUT2D eigenvalue weighted by Gasteiger charge is -2.11. The third-order valence-corrected chi connectivity index (χ3v) is 5.81. The number of benzene rings is 4. The number of aliphatic hydroxyl groups is 1. The van der Waals surface area contributed by atoms with E-state index in [1.54, 1.807) is 18.2 Å². The normalized spacial score (nSPS) is 11.1. The number of aromatic nitrogens is 2. The second kappa shape index (κ2) is 9.95. The van der Waals surface area contributed by atoms with Gasteiger partial charge in [0.15, 0.2) is 0 Å². The maximum atomic E-state index is 13.8. The molecule has 0 bridgehead atoms. The summed E-state index contributed by atoms with van der Waals surface area (Å²) in [4.78, 5) is 17.1. The van der Waals surface area contributed by atoms with Crippen LogP contribution in [0.15, 0.2) is 84.9 Å². The van der Waals surface area contributed by atoms with Crippen molar-refractivity contribution in [2.24, 2.45) is 0 Å². The number of halogens is 1. The zero-order chi connectivity index (χ0) is 24.2. The summed E-state index contributed by atoms with van der Waals surface area (Å²) < 4.78 is 21.9. The minimum Gasteiger partial charge on any atom is -0.486 e. The van der Waals surface area contributed by atoms with Crippen molar-refractivity contribution in [3.8, 4) is 5.75 Å². The van der Waals surface area contributed by atoms with Crippen LogP contribution >= 0.6 is 0 Å². The molecule has 1 aromatic heterocycles. The SMILES string of the molecule is O=C(NCCO)c1ccc2c(c1)nc(COc1ccc3ccccc3c1)n2Cc1cccc(F)c1. The third-order valence-electron chi connectivity index (χ3n) is 5.81. The van der Waals surface area contributed by atoms with E-state index in [0.717, 1.165) is 27.6 Å². The highest BCUT2D eigenvalue weighted by atomic mass is 19.1. The summed E-state index contributed by atoms with van der Waals surface area (Å²) in [6.45, 7) is 0.650. The van der Waals surface area contributed by atoms with E-state index in [1.807, 2.05) is 59.2 Å². The number of imidazole rings is 1. The van der Waals surface area contributed by atoms with Crippen LogP contribution in [0.2, 0.25) is 0 Å². The number of fused-ring (bicyclic) bond motifs is 2. The molecule has 4 aromatic carbocycles. The van der Waals surface area contributed by atoms with Gasteiger partial charge in [-0.05, 0) is 58.8 Å². The van der Waals surface area contributed by atoms with Crippen LogP contribution in [0, 0.1) is 5.82 Å². The highest BCUT2D eigenvalue weighted by Gasteiger charge is 2.15. The molecule has 0 spiro atoms. The van der Waals surface area contributed by atoms with E-state index in [1.165, 1.54) is 12.1 Å². The Kier molecular flexibility index (Phi) is 6.41. The van der Waals surface area contributed by atoms with E-state index >= 15 is 0 Å². The fourth-order valence-electron chi connectivity index (χ4n) is 4.10. The van der Waals surface area contributed by atoms with Crippen molar-refractivity contribution in [3.05, 3.63) is 108 Å². The molecule has 0 radical (unpaired) electrons. The van der Waals surface area contributed by atoms with E-state index in [2.05, 4.69) is 5.32 Å². The van der Waals surface area contributed by atoms with Crippen LogP contribution in [0.5, 0.6) is 5.75 Å². The van der Waals surface area contributed by atoms with Gasteiger partial charge < -0.3 is 19.7 Å². The Morgan fingerprint density at radius 2 is 1.83 bits per heavy atom. The van der Waals surface area contributed by atoms with Gasteiger partial charge >= 0.3 is 0 Å². The van der Waals surface area contributed by atoms with Crippen LogP contribution in [0.25, 0.3) is 21.8 Å². The predicted octanol–water partition coefficient (Wildman–Crippen LogP) is 4.68. The van der Waals surface area contributed by atoms with Crippen molar-refractivity contribution in [3.63, 3.8) is 0 Å². The van der Waals surface area contributed by atoms with E-state index in [4.69, 9.17) is 14.8 Å². The van der Waals surface area contributed by atoms with Crippen LogP contribution in [0.3, 0.4) is 0 Å². The van der Waals surface area contributed by atoms with Crippen LogP contribution < -0.4 is 10.1 Å². The molecule has 176 valence electrons. The Labute approximate surface area is 201 Å². The number of rotatable bonds is 8. The van der Waals surface area contributed by atoms with E-state index < -0.39 is 0 Å². The first-order valence-corrected chi connectivity index (χ1v) is 11.3. The molecule has 5 rings (SSSR count). The summed E-state index contributed by atoms with van der Waals surface area (Å²) in [5, 5.41) is 13.8. The molecule has 2 N–H and O–H groups in total. The summed E-state index contributed by atoms with van der Waals surface area (Å²) in [7, 11) is 0. The summed E-state index contributed by atoms with van der Waals surface area (Å²) in [5.74, 6) is 0.792. The highest BCUT2D eigenvalue weighted by Crippen LogP contribution is 2.24. The molecule has 1 heterocycles. The standard InChI is InChI=1S/C28H24FN3O3/c29-23-7-3-4-19(14-23)17-32-26-11-9-22(28(34)30-12-13-33)16-25(26)31-27(32)18-35-24-10-8-20-5-1-2-6-21(20)15-24/h1-11,14-16,33H,12-13,17-18H2,(H,30,34).